The molecule has 0 aromatic carbocycles. The van der Waals surface area contributed by atoms with Crippen molar-refractivity contribution in [3.8, 4) is 0 Å². The Hall–Kier alpha value is -1.10. The number of rotatable bonds is 1. The maximum atomic E-state index is 11.3. The number of hydrogen-bond donors (Lipinski definition) is 3. The van der Waals surface area contributed by atoms with E-state index < -0.39 is 11.6 Å². The van der Waals surface area contributed by atoms with Crippen LogP contribution in [0.15, 0.2) is 0 Å². The summed E-state index contributed by atoms with van der Waals surface area (Å²) in [4.78, 5) is 22.4. The summed E-state index contributed by atoms with van der Waals surface area (Å²) in [7, 11) is 0. The van der Waals surface area contributed by atoms with Gasteiger partial charge in [0, 0.05) is 0 Å². The van der Waals surface area contributed by atoms with E-state index >= 15 is 0 Å². The van der Waals surface area contributed by atoms with Crippen LogP contribution >= 0.6 is 0 Å². The minimum Gasteiger partial charge on any atom is -0.394 e. The van der Waals surface area contributed by atoms with Crippen LogP contribution < -0.4 is 10.6 Å². The largest absolute Gasteiger partial charge is 0.394 e. The fourth-order valence-corrected chi connectivity index (χ4v) is 1.35. The van der Waals surface area contributed by atoms with Gasteiger partial charge in [0.1, 0.15) is 11.6 Å². The van der Waals surface area contributed by atoms with Gasteiger partial charge in [-0.1, -0.05) is 0 Å². The fraction of sp³-hybridized carbons (Fsp3) is 0.714. The summed E-state index contributed by atoms with van der Waals surface area (Å²) in [5, 5.41) is 13.8. The maximum absolute atomic E-state index is 11.3. The molecule has 1 atom stereocenters. The highest BCUT2D eigenvalue weighted by atomic mass is 16.3. The van der Waals surface area contributed by atoms with E-state index in [0.29, 0.717) is 12.8 Å². The summed E-state index contributed by atoms with van der Waals surface area (Å²) in [6, 6.07) is -0.760. The van der Waals surface area contributed by atoms with Gasteiger partial charge in [-0.05, 0) is 12.8 Å². The summed E-state index contributed by atoms with van der Waals surface area (Å²) in [6.45, 7) is -0.340. The Morgan fingerprint density at radius 1 is 1.50 bits per heavy atom. The lowest BCUT2D eigenvalue weighted by atomic mass is 10.1. The van der Waals surface area contributed by atoms with Crippen LogP contribution in [0.2, 0.25) is 0 Å². The number of amides is 2. The molecule has 2 aliphatic rings. The first-order valence-corrected chi connectivity index (χ1v) is 3.92. The van der Waals surface area contributed by atoms with Crippen molar-refractivity contribution in [1.29, 1.82) is 0 Å². The van der Waals surface area contributed by atoms with E-state index in [1.807, 2.05) is 0 Å². The molecule has 66 valence electrons. The number of piperazine rings is 1. The zero-order valence-electron chi connectivity index (χ0n) is 6.46. The third-order valence-corrected chi connectivity index (χ3v) is 2.35. The van der Waals surface area contributed by atoms with Gasteiger partial charge in [-0.3, -0.25) is 9.59 Å². The summed E-state index contributed by atoms with van der Waals surface area (Å²) in [6.07, 6.45) is 1.42. The van der Waals surface area contributed by atoms with Crippen LogP contribution in [0.5, 0.6) is 0 Å². The predicted octanol–water partition coefficient (Wildman–Crippen LogP) is -1.87. The minimum atomic E-state index is -0.760. The molecular weight excluding hydrogens is 160 g/mol. The smallest absolute Gasteiger partial charge is 0.246 e. The average molecular weight is 170 g/mol. The number of aliphatic hydroxyl groups excluding tert-OH is 1. The fourth-order valence-electron chi connectivity index (χ4n) is 1.35. The summed E-state index contributed by atoms with van der Waals surface area (Å²) in [5.74, 6) is -0.448. The molecule has 2 amide bonds. The zero-order chi connectivity index (χ0) is 8.77. The van der Waals surface area contributed by atoms with E-state index in [9.17, 15) is 9.59 Å². The first kappa shape index (κ1) is 7.54. The van der Waals surface area contributed by atoms with E-state index in [-0.39, 0.29) is 18.4 Å². The van der Waals surface area contributed by atoms with Crippen LogP contribution in [-0.2, 0) is 9.59 Å². The normalized spacial score (nSPS) is 31.2. The van der Waals surface area contributed by atoms with Gasteiger partial charge in [-0.2, -0.15) is 0 Å². The van der Waals surface area contributed by atoms with Gasteiger partial charge >= 0.3 is 0 Å². The molecule has 0 aromatic rings. The van der Waals surface area contributed by atoms with Gasteiger partial charge in [-0.15, -0.1) is 0 Å². The van der Waals surface area contributed by atoms with Crippen molar-refractivity contribution in [1.82, 2.24) is 10.6 Å². The second-order valence-electron chi connectivity index (χ2n) is 3.28. The van der Waals surface area contributed by atoms with Gasteiger partial charge in [0.25, 0.3) is 0 Å². The Kier molecular flexibility index (Phi) is 1.38. The van der Waals surface area contributed by atoms with E-state index in [4.69, 9.17) is 5.11 Å². The predicted molar refractivity (Wildman–Crippen MR) is 39.1 cm³/mol. The average Bonchev–Trinajstić information content (AvgIpc) is 2.78. The van der Waals surface area contributed by atoms with Gasteiger partial charge in [0.05, 0.1) is 6.61 Å². The highest BCUT2D eigenvalue weighted by Crippen LogP contribution is 2.37. The molecule has 1 aliphatic heterocycles. The van der Waals surface area contributed by atoms with Crippen LogP contribution in [-0.4, -0.2) is 35.1 Å². The summed E-state index contributed by atoms with van der Waals surface area (Å²) in [5.41, 5.74) is -0.622. The zero-order valence-corrected chi connectivity index (χ0v) is 6.46. The highest BCUT2D eigenvalue weighted by Gasteiger charge is 2.55. The second-order valence-corrected chi connectivity index (χ2v) is 3.28. The standard InChI is InChI=1S/C7H10N2O3/c10-3-4-5(11)9-7(1-2-7)6(12)8-4/h4,10H,1-3H2,(H,8,12)(H,9,11)/t4-/m1/s1. The maximum Gasteiger partial charge on any atom is 0.246 e. The SMILES string of the molecule is O=C1NC2(CC2)C(=O)N[C@@H]1CO. The molecule has 1 saturated heterocycles. The summed E-state index contributed by atoms with van der Waals surface area (Å²) >= 11 is 0. The van der Waals surface area contributed by atoms with E-state index in [2.05, 4.69) is 10.6 Å². The van der Waals surface area contributed by atoms with Gasteiger partial charge < -0.3 is 15.7 Å². The van der Waals surface area contributed by atoms with Crippen molar-refractivity contribution in [3.63, 3.8) is 0 Å². The van der Waals surface area contributed by atoms with Crippen molar-refractivity contribution < 1.29 is 14.7 Å². The summed E-state index contributed by atoms with van der Waals surface area (Å²) < 4.78 is 0. The molecule has 0 radical (unpaired) electrons. The van der Waals surface area contributed by atoms with Crippen molar-refractivity contribution in [3.05, 3.63) is 0 Å². The Balaban J connectivity index is 2.13. The van der Waals surface area contributed by atoms with Gasteiger partial charge in [0.2, 0.25) is 11.8 Å². The molecular formula is C7H10N2O3. The number of carbonyl (C=O) groups excluding carboxylic acids is 2. The first-order valence-electron chi connectivity index (χ1n) is 3.92. The molecule has 1 saturated carbocycles. The van der Waals surface area contributed by atoms with Crippen LogP contribution in [0.25, 0.3) is 0 Å². The van der Waals surface area contributed by atoms with Crippen LogP contribution in [0, 0.1) is 0 Å². The van der Waals surface area contributed by atoms with E-state index in [1.165, 1.54) is 0 Å². The molecule has 1 spiro atoms. The Morgan fingerprint density at radius 2 is 2.17 bits per heavy atom. The highest BCUT2D eigenvalue weighted by molar-refractivity contribution is 6.01. The van der Waals surface area contributed by atoms with Gasteiger partial charge in [0.15, 0.2) is 0 Å². The first-order chi connectivity index (χ1) is 5.68. The van der Waals surface area contributed by atoms with Crippen molar-refractivity contribution in [2.75, 3.05) is 6.61 Å². The van der Waals surface area contributed by atoms with Crippen molar-refractivity contribution in [2.45, 2.75) is 24.4 Å². The lowest BCUT2D eigenvalue weighted by molar-refractivity contribution is -0.138. The lowest BCUT2D eigenvalue weighted by Crippen LogP contribution is -2.64. The number of nitrogens with one attached hydrogen (secondary N) is 2. The molecule has 5 nitrogen and oxygen atoms in total. The number of hydrogen-bond acceptors (Lipinski definition) is 3. The topological polar surface area (TPSA) is 78.4 Å². The number of aliphatic hydroxyl groups is 1. The molecule has 5 heteroatoms. The third kappa shape index (κ3) is 0.896. The molecule has 2 fully saturated rings. The van der Waals surface area contributed by atoms with E-state index in [1.54, 1.807) is 0 Å². The monoisotopic (exact) mass is 170 g/mol. The Bertz CT molecular complexity index is 247. The molecule has 1 heterocycles. The van der Waals surface area contributed by atoms with Crippen molar-refractivity contribution >= 4 is 11.8 Å². The molecule has 0 unspecified atom stereocenters. The van der Waals surface area contributed by atoms with E-state index in [0.717, 1.165) is 0 Å². The molecule has 3 N–H and O–H groups in total. The molecule has 0 bridgehead atoms. The Morgan fingerprint density at radius 3 is 2.67 bits per heavy atom. The quantitative estimate of drug-likeness (QED) is 0.431. The molecule has 0 aromatic heterocycles. The number of carbonyl (C=O) groups is 2. The molecule has 1 aliphatic carbocycles. The van der Waals surface area contributed by atoms with Gasteiger partial charge in [-0.25, -0.2) is 0 Å². The third-order valence-electron chi connectivity index (χ3n) is 2.35. The van der Waals surface area contributed by atoms with Crippen molar-refractivity contribution in [2.24, 2.45) is 0 Å². The second kappa shape index (κ2) is 2.20. The molecule has 2 rings (SSSR count). The van der Waals surface area contributed by atoms with Crippen LogP contribution in [0.3, 0.4) is 0 Å². The Labute approximate surface area is 69.1 Å². The minimum absolute atomic E-state index is 0.166. The molecule has 12 heavy (non-hydrogen) atoms. The van der Waals surface area contributed by atoms with Crippen LogP contribution in [0.4, 0.5) is 0 Å². The lowest BCUT2D eigenvalue weighted by Gasteiger charge is -2.28. The van der Waals surface area contributed by atoms with Crippen LogP contribution in [0.1, 0.15) is 12.8 Å².